The molecule has 2 heterocycles. The Balaban J connectivity index is 2.52. The Kier molecular flexibility index (Phi) is 2.19. The molecule has 0 aromatic carbocycles. The molecule has 70 valence electrons. The maximum absolute atomic E-state index is 10.8. The standard InChI is InChI=1S/C8H5N3O2S/c12-8(13)7-6(10-11-14-7)5-2-1-3-9-4-5/h1-4H,(H,12,13). The van der Waals surface area contributed by atoms with Gasteiger partial charge in [-0.3, -0.25) is 4.98 Å². The molecule has 0 aliphatic heterocycles. The quantitative estimate of drug-likeness (QED) is 0.803. The van der Waals surface area contributed by atoms with Gasteiger partial charge in [-0.25, -0.2) is 4.79 Å². The Bertz CT molecular complexity index is 455. The fourth-order valence-corrected chi connectivity index (χ4v) is 1.55. The van der Waals surface area contributed by atoms with Crippen molar-refractivity contribution >= 4 is 17.5 Å². The molecule has 1 N–H and O–H groups in total. The van der Waals surface area contributed by atoms with Crippen LogP contribution in [0, 0.1) is 0 Å². The summed E-state index contributed by atoms with van der Waals surface area (Å²) in [5, 5.41) is 12.6. The predicted molar refractivity (Wildman–Crippen MR) is 50.1 cm³/mol. The van der Waals surface area contributed by atoms with Crippen LogP contribution in [0.5, 0.6) is 0 Å². The highest BCUT2D eigenvalue weighted by Gasteiger charge is 2.16. The summed E-state index contributed by atoms with van der Waals surface area (Å²) in [4.78, 5) is 14.8. The van der Waals surface area contributed by atoms with E-state index >= 15 is 0 Å². The molecule has 0 saturated heterocycles. The van der Waals surface area contributed by atoms with E-state index in [-0.39, 0.29) is 4.88 Å². The molecule has 0 unspecified atom stereocenters. The lowest BCUT2D eigenvalue weighted by atomic mass is 10.2. The van der Waals surface area contributed by atoms with Crippen molar-refractivity contribution in [1.82, 2.24) is 14.6 Å². The minimum Gasteiger partial charge on any atom is -0.477 e. The van der Waals surface area contributed by atoms with Gasteiger partial charge < -0.3 is 5.11 Å². The number of aromatic carboxylic acids is 1. The molecule has 0 aliphatic rings. The van der Waals surface area contributed by atoms with Gasteiger partial charge in [-0.15, -0.1) is 5.10 Å². The van der Waals surface area contributed by atoms with E-state index in [4.69, 9.17) is 5.11 Å². The molecule has 2 rings (SSSR count). The van der Waals surface area contributed by atoms with Gasteiger partial charge in [0.15, 0.2) is 4.88 Å². The number of carbonyl (C=O) groups is 1. The highest BCUT2D eigenvalue weighted by Crippen LogP contribution is 2.22. The average molecular weight is 207 g/mol. The van der Waals surface area contributed by atoms with Crippen molar-refractivity contribution in [2.24, 2.45) is 0 Å². The second-order valence-electron chi connectivity index (χ2n) is 2.50. The van der Waals surface area contributed by atoms with E-state index in [0.717, 1.165) is 11.5 Å². The van der Waals surface area contributed by atoms with Gasteiger partial charge in [0.05, 0.1) is 0 Å². The number of aromatic nitrogens is 3. The smallest absolute Gasteiger partial charge is 0.349 e. The Morgan fingerprint density at radius 2 is 2.36 bits per heavy atom. The fourth-order valence-electron chi connectivity index (χ4n) is 1.02. The molecule has 0 spiro atoms. The van der Waals surface area contributed by atoms with E-state index in [1.165, 1.54) is 0 Å². The monoisotopic (exact) mass is 207 g/mol. The zero-order valence-corrected chi connectivity index (χ0v) is 7.73. The molecule has 0 bridgehead atoms. The Morgan fingerprint density at radius 3 is 3.00 bits per heavy atom. The Hall–Kier alpha value is -1.82. The second-order valence-corrected chi connectivity index (χ2v) is 3.25. The van der Waals surface area contributed by atoms with E-state index < -0.39 is 5.97 Å². The summed E-state index contributed by atoms with van der Waals surface area (Å²) in [6.07, 6.45) is 3.17. The molecule has 0 saturated carbocycles. The van der Waals surface area contributed by atoms with E-state index in [2.05, 4.69) is 14.6 Å². The molecule has 0 aliphatic carbocycles. The first kappa shape index (κ1) is 8.76. The first-order chi connectivity index (χ1) is 6.79. The molecule has 0 radical (unpaired) electrons. The summed E-state index contributed by atoms with van der Waals surface area (Å²) in [6, 6.07) is 3.47. The molecule has 0 amide bonds. The van der Waals surface area contributed by atoms with Crippen LogP contribution in [0.1, 0.15) is 9.67 Å². The fraction of sp³-hybridized carbons (Fsp3) is 0. The highest BCUT2D eigenvalue weighted by molar-refractivity contribution is 7.08. The normalized spacial score (nSPS) is 10.0. The van der Waals surface area contributed by atoms with Gasteiger partial charge in [0.2, 0.25) is 0 Å². The lowest BCUT2D eigenvalue weighted by Crippen LogP contribution is -1.95. The lowest BCUT2D eigenvalue weighted by Gasteiger charge is -1.94. The van der Waals surface area contributed by atoms with E-state index in [1.807, 2.05) is 0 Å². The van der Waals surface area contributed by atoms with Crippen molar-refractivity contribution in [2.75, 3.05) is 0 Å². The Morgan fingerprint density at radius 1 is 1.50 bits per heavy atom. The van der Waals surface area contributed by atoms with Crippen LogP contribution in [0.4, 0.5) is 0 Å². The van der Waals surface area contributed by atoms with Crippen molar-refractivity contribution < 1.29 is 9.90 Å². The third kappa shape index (κ3) is 1.47. The van der Waals surface area contributed by atoms with Crippen LogP contribution in [-0.4, -0.2) is 25.6 Å². The highest BCUT2D eigenvalue weighted by atomic mass is 32.1. The molecular weight excluding hydrogens is 202 g/mol. The van der Waals surface area contributed by atoms with Crippen LogP contribution >= 0.6 is 11.5 Å². The number of hydrogen-bond acceptors (Lipinski definition) is 5. The van der Waals surface area contributed by atoms with E-state index in [9.17, 15) is 4.79 Å². The summed E-state index contributed by atoms with van der Waals surface area (Å²) in [7, 11) is 0. The van der Waals surface area contributed by atoms with Crippen LogP contribution in [0.25, 0.3) is 11.3 Å². The van der Waals surface area contributed by atoms with Crippen molar-refractivity contribution in [3.63, 3.8) is 0 Å². The van der Waals surface area contributed by atoms with Gasteiger partial charge in [0, 0.05) is 18.0 Å². The van der Waals surface area contributed by atoms with Crippen molar-refractivity contribution in [3.8, 4) is 11.3 Å². The lowest BCUT2D eigenvalue weighted by molar-refractivity contribution is 0.0702. The number of carboxylic acid groups (broad SMARTS) is 1. The van der Waals surface area contributed by atoms with Gasteiger partial charge in [-0.2, -0.15) is 0 Å². The number of pyridine rings is 1. The third-order valence-electron chi connectivity index (χ3n) is 1.62. The molecule has 2 aromatic rings. The molecule has 5 nitrogen and oxygen atoms in total. The predicted octanol–water partition coefficient (Wildman–Crippen LogP) is 1.30. The Labute approximate surface area is 83.2 Å². The molecule has 2 aromatic heterocycles. The summed E-state index contributed by atoms with van der Waals surface area (Å²) in [5.41, 5.74) is 1.04. The number of carboxylic acids is 1. The topological polar surface area (TPSA) is 76.0 Å². The van der Waals surface area contributed by atoms with Gasteiger partial charge in [-0.1, -0.05) is 4.49 Å². The maximum atomic E-state index is 10.8. The third-order valence-corrected chi connectivity index (χ3v) is 2.33. The van der Waals surface area contributed by atoms with Crippen LogP contribution in [-0.2, 0) is 0 Å². The second kappa shape index (κ2) is 3.51. The number of rotatable bonds is 2. The molecule has 14 heavy (non-hydrogen) atoms. The van der Waals surface area contributed by atoms with E-state index in [1.54, 1.807) is 24.5 Å². The molecule has 0 fully saturated rings. The van der Waals surface area contributed by atoms with Crippen LogP contribution in [0.15, 0.2) is 24.5 Å². The van der Waals surface area contributed by atoms with Crippen molar-refractivity contribution in [2.45, 2.75) is 0 Å². The first-order valence-corrected chi connectivity index (χ1v) is 4.52. The van der Waals surface area contributed by atoms with Gasteiger partial charge in [0.25, 0.3) is 0 Å². The van der Waals surface area contributed by atoms with Crippen molar-refractivity contribution in [1.29, 1.82) is 0 Å². The van der Waals surface area contributed by atoms with Crippen LogP contribution < -0.4 is 0 Å². The maximum Gasteiger partial charge on any atom is 0.349 e. The summed E-state index contributed by atoms with van der Waals surface area (Å²) < 4.78 is 3.60. The zero-order valence-electron chi connectivity index (χ0n) is 6.91. The van der Waals surface area contributed by atoms with Crippen LogP contribution in [0.2, 0.25) is 0 Å². The summed E-state index contributed by atoms with van der Waals surface area (Å²) in [5.74, 6) is -1.01. The van der Waals surface area contributed by atoms with Crippen molar-refractivity contribution in [3.05, 3.63) is 29.4 Å². The first-order valence-electron chi connectivity index (χ1n) is 3.75. The number of nitrogens with zero attached hydrogens (tertiary/aromatic N) is 3. The largest absolute Gasteiger partial charge is 0.477 e. The van der Waals surface area contributed by atoms with Gasteiger partial charge in [0.1, 0.15) is 5.69 Å². The minimum atomic E-state index is -1.01. The molecule has 6 heteroatoms. The number of hydrogen-bond donors (Lipinski definition) is 1. The van der Waals surface area contributed by atoms with E-state index in [0.29, 0.717) is 11.3 Å². The summed E-state index contributed by atoms with van der Waals surface area (Å²) >= 11 is 0.864. The van der Waals surface area contributed by atoms with Gasteiger partial charge in [-0.05, 0) is 23.7 Å². The summed E-state index contributed by atoms with van der Waals surface area (Å²) in [6.45, 7) is 0. The average Bonchev–Trinajstić information content (AvgIpc) is 2.67. The van der Waals surface area contributed by atoms with Crippen LogP contribution in [0.3, 0.4) is 0 Å². The zero-order chi connectivity index (χ0) is 9.97. The van der Waals surface area contributed by atoms with Gasteiger partial charge >= 0.3 is 5.97 Å². The minimum absolute atomic E-state index is 0.137. The molecular formula is C8H5N3O2S. The molecule has 0 atom stereocenters. The SMILES string of the molecule is O=C(O)c1snnc1-c1cccnc1.